The van der Waals surface area contributed by atoms with E-state index in [1.54, 1.807) is 72.9 Å². The normalized spacial score (nSPS) is 12.1. The molecule has 2 amide bonds. The van der Waals surface area contributed by atoms with Gasteiger partial charge >= 0.3 is 6.18 Å². The minimum absolute atomic E-state index is 0.304. The molecule has 4 aromatic carbocycles. The first-order valence-corrected chi connectivity index (χ1v) is 12.7. The van der Waals surface area contributed by atoms with E-state index in [1.807, 2.05) is 0 Å². The number of amides is 2. The highest BCUT2D eigenvalue weighted by molar-refractivity contribution is 8.00. The summed E-state index contributed by atoms with van der Waals surface area (Å²) in [7, 11) is 0. The molecule has 0 heterocycles. The zero-order chi connectivity index (χ0) is 29.9. The fourth-order valence-corrected chi connectivity index (χ4v) is 4.97. The topological polar surface area (TPSA) is 58.2 Å². The maximum atomic E-state index is 14.5. The Morgan fingerprint density at radius 1 is 0.756 bits per heavy atom. The third-order valence-electron chi connectivity index (χ3n) is 5.87. The number of hydrogen-bond acceptors (Lipinski definition) is 3. The van der Waals surface area contributed by atoms with Crippen molar-refractivity contribution in [2.24, 2.45) is 0 Å². The molecule has 0 fully saturated rings. The highest BCUT2D eigenvalue weighted by atomic mass is 32.2. The van der Waals surface area contributed by atoms with E-state index in [0.29, 0.717) is 21.7 Å². The van der Waals surface area contributed by atoms with E-state index < -0.39 is 51.9 Å². The van der Waals surface area contributed by atoms with Gasteiger partial charge in [-0.15, -0.1) is 11.8 Å². The van der Waals surface area contributed by atoms with Gasteiger partial charge in [0.05, 0.1) is 0 Å². The summed E-state index contributed by atoms with van der Waals surface area (Å²) in [4.78, 5) is 26.3. The number of carbonyl (C=O) groups excluding carboxylic acids is 2. The minimum Gasteiger partial charge on any atom is -0.322 e. The molecule has 0 aliphatic rings. The molecule has 1 unspecified atom stereocenters. The summed E-state index contributed by atoms with van der Waals surface area (Å²) < 4.78 is 96.1. The SMILES string of the molecule is Cc1ccccc1C(=O)Nc1cccc(SC(C(=O)Nc2c(F)c(F)c(C(F)(F)F)c(F)c2F)c2ccccc2)c1. The average Bonchev–Trinajstić information content (AvgIpc) is 2.93. The van der Waals surface area contributed by atoms with Crippen LogP contribution in [0.5, 0.6) is 0 Å². The van der Waals surface area contributed by atoms with E-state index in [2.05, 4.69) is 5.32 Å². The van der Waals surface area contributed by atoms with Gasteiger partial charge in [0.2, 0.25) is 5.91 Å². The van der Waals surface area contributed by atoms with Gasteiger partial charge in [-0.2, -0.15) is 13.2 Å². The number of carbonyl (C=O) groups is 2. The van der Waals surface area contributed by atoms with Crippen molar-refractivity contribution in [1.29, 1.82) is 0 Å². The van der Waals surface area contributed by atoms with Crippen LogP contribution in [0.2, 0.25) is 0 Å². The van der Waals surface area contributed by atoms with Gasteiger partial charge in [-0.3, -0.25) is 9.59 Å². The van der Waals surface area contributed by atoms with E-state index in [9.17, 15) is 40.3 Å². The van der Waals surface area contributed by atoms with Gasteiger partial charge < -0.3 is 10.6 Å². The van der Waals surface area contributed by atoms with Crippen molar-refractivity contribution in [2.45, 2.75) is 23.2 Å². The molecule has 1 atom stereocenters. The number of alkyl halides is 3. The summed E-state index contributed by atoms with van der Waals surface area (Å²) in [5.41, 5.74) is -2.60. The number of thioether (sulfide) groups is 1. The second-order valence-electron chi connectivity index (χ2n) is 8.70. The lowest BCUT2D eigenvalue weighted by Crippen LogP contribution is -2.23. The summed E-state index contributed by atoms with van der Waals surface area (Å²) >= 11 is 0.861. The molecule has 41 heavy (non-hydrogen) atoms. The van der Waals surface area contributed by atoms with Crippen LogP contribution >= 0.6 is 11.8 Å². The van der Waals surface area contributed by atoms with Crippen LogP contribution in [-0.2, 0) is 11.0 Å². The van der Waals surface area contributed by atoms with E-state index in [0.717, 1.165) is 17.3 Å². The first-order valence-electron chi connectivity index (χ1n) is 11.8. The molecule has 0 saturated heterocycles. The molecule has 4 nitrogen and oxygen atoms in total. The van der Waals surface area contributed by atoms with E-state index >= 15 is 0 Å². The highest BCUT2D eigenvalue weighted by Crippen LogP contribution is 2.41. The van der Waals surface area contributed by atoms with Gasteiger partial charge in [-0.05, 0) is 42.3 Å². The Morgan fingerprint density at radius 2 is 1.37 bits per heavy atom. The standard InChI is InChI=1S/C29H19F7N2O2S/c1-15-8-5-6-13-19(15)27(39)37-17-11-7-12-18(14-17)41-26(16-9-3-2-4-10-16)28(40)38-25-23(32)21(30)20(29(34,35)36)22(31)24(25)33/h2-14,26H,1H3,(H,37,39)(H,38,40). The van der Waals surface area contributed by atoms with Crippen LogP contribution in [0, 0.1) is 30.2 Å². The summed E-state index contributed by atoms with van der Waals surface area (Å²) in [6.07, 6.45) is -5.72. The van der Waals surface area contributed by atoms with Gasteiger partial charge in [0.1, 0.15) is 16.5 Å². The lowest BCUT2D eigenvalue weighted by molar-refractivity contribution is -0.143. The molecule has 212 valence electrons. The Bertz CT molecular complexity index is 1580. The van der Waals surface area contributed by atoms with Crippen LogP contribution < -0.4 is 10.6 Å². The average molecular weight is 593 g/mol. The predicted molar refractivity (Wildman–Crippen MR) is 141 cm³/mol. The third kappa shape index (κ3) is 6.54. The molecule has 0 radical (unpaired) electrons. The second kappa shape index (κ2) is 12.0. The Labute approximate surface area is 233 Å². The Kier molecular flexibility index (Phi) is 8.72. The van der Waals surface area contributed by atoms with Crippen LogP contribution in [-0.4, -0.2) is 11.8 Å². The molecular formula is C29H19F7N2O2S. The van der Waals surface area contributed by atoms with Crippen LogP contribution in [0.15, 0.2) is 83.8 Å². The molecule has 4 aromatic rings. The number of hydrogen-bond donors (Lipinski definition) is 2. The Morgan fingerprint density at radius 3 is 1.98 bits per heavy atom. The lowest BCUT2D eigenvalue weighted by atomic mass is 10.1. The number of rotatable bonds is 7. The summed E-state index contributed by atoms with van der Waals surface area (Å²) in [6, 6.07) is 20.9. The Hall–Kier alpha value is -4.32. The molecule has 2 N–H and O–H groups in total. The zero-order valence-electron chi connectivity index (χ0n) is 21.0. The van der Waals surface area contributed by atoms with Gasteiger partial charge in [0, 0.05) is 16.1 Å². The van der Waals surface area contributed by atoms with Crippen molar-refractivity contribution >= 4 is 35.0 Å². The van der Waals surface area contributed by atoms with Gasteiger partial charge in [0.25, 0.3) is 5.91 Å². The number of nitrogens with one attached hydrogen (secondary N) is 2. The van der Waals surface area contributed by atoms with Crippen molar-refractivity contribution in [3.05, 3.63) is 124 Å². The van der Waals surface area contributed by atoms with E-state index in [1.165, 1.54) is 18.2 Å². The van der Waals surface area contributed by atoms with E-state index in [4.69, 9.17) is 0 Å². The summed E-state index contributed by atoms with van der Waals surface area (Å²) in [6.45, 7) is 1.77. The molecule has 0 aromatic heterocycles. The van der Waals surface area contributed by atoms with Gasteiger partial charge in [0.15, 0.2) is 23.3 Å². The number of halogens is 7. The summed E-state index contributed by atoms with van der Waals surface area (Å²) in [5, 5.41) is 3.16. The zero-order valence-corrected chi connectivity index (χ0v) is 21.8. The molecule has 0 aliphatic carbocycles. The highest BCUT2D eigenvalue weighted by Gasteiger charge is 2.42. The number of benzene rings is 4. The fraction of sp³-hybridized carbons (Fsp3) is 0.103. The van der Waals surface area contributed by atoms with Crippen LogP contribution in [0.4, 0.5) is 42.1 Å². The molecule has 0 spiro atoms. The Balaban J connectivity index is 1.64. The molecular weight excluding hydrogens is 573 g/mol. The third-order valence-corrected chi connectivity index (χ3v) is 7.12. The van der Waals surface area contributed by atoms with E-state index in [-0.39, 0.29) is 5.91 Å². The maximum Gasteiger partial charge on any atom is 0.422 e. The number of aryl methyl sites for hydroxylation is 1. The molecule has 12 heteroatoms. The van der Waals surface area contributed by atoms with Crippen LogP contribution in [0.1, 0.15) is 32.3 Å². The molecule has 4 rings (SSSR count). The maximum absolute atomic E-state index is 14.5. The van der Waals surface area contributed by atoms with Crippen molar-refractivity contribution in [2.75, 3.05) is 10.6 Å². The quantitative estimate of drug-likeness (QED) is 0.129. The monoisotopic (exact) mass is 592 g/mol. The molecule has 0 bridgehead atoms. The fourth-order valence-electron chi connectivity index (χ4n) is 3.89. The summed E-state index contributed by atoms with van der Waals surface area (Å²) in [5.74, 6) is -11.7. The first-order chi connectivity index (χ1) is 19.4. The lowest BCUT2D eigenvalue weighted by Gasteiger charge is -2.19. The smallest absolute Gasteiger partial charge is 0.322 e. The van der Waals surface area contributed by atoms with Gasteiger partial charge in [-0.1, -0.05) is 54.6 Å². The van der Waals surface area contributed by atoms with Crippen LogP contribution in [0.3, 0.4) is 0 Å². The minimum atomic E-state index is -5.72. The van der Waals surface area contributed by atoms with Crippen molar-refractivity contribution in [3.8, 4) is 0 Å². The molecule has 0 aliphatic heterocycles. The van der Waals surface area contributed by atoms with Crippen molar-refractivity contribution in [1.82, 2.24) is 0 Å². The number of anilines is 2. The first kappa shape index (κ1) is 29.7. The largest absolute Gasteiger partial charge is 0.422 e. The molecule has 0 saturated carbocycles. The van der Waals surface area contributed by atoms with Crippen molar-refractivity contribution in [3.63, 3.8) is 0 Å². The van der Waals surface area contributed by atoms with Gasteiger partial charge in [-0.25, -0.2) is 17.6 Å². The second-order valence-corrected chi connectivity index (χ2v) is 9.88. The van der Waals surface area contributed by atoms with Crippen molar-refractivity contribution < 1.29 is 40.3 Å². The predicted octanol–water partition coefficient (Wildman–Crippen LogP) is 8.29. The van der Waals surface area contributed by atoms with Crippen LogP contribution in [0.25, 0.3) is 0 Å².